The van der Waals surface area contributed by atoms with Crippen LogP contribution in [0.5, 0.6) is 5.75 Å². The van der Waals surface area contributed by atoms with Gasteiger partial charge in [0, 0.05) is 10.9 Å². The molecule has 1 aliphatic rings. The number of ether oxygens (including phenoxy) is 1. The van der Waals surface area contributed by atoms with E-state index in [1.165, 1.54) is 5.56 Å². The number of benzene rings is 2. The van der Waals surface area contributed by atoms with Crippen molar-refractivity contribution in [2.45, 2.75) is 19.1 Å². The summed E-state index contributed by atoms with van der Waals surface area (Å²) in [5.41, 5.74) is 1.89. The van der Waals surface area contributed by atoms with Crippen molar-refractivity contribution in [2.24, 2.45) is 5.92 Å². The molecule has 1 N–H and O–H groups in total. The molecule has 0 aliphatic heterocycles. The number of amides is 1. The highest BCUT2D eigenvalue weighted by molar-refractivity contribution is 6.30. The molecule has 0 spiro atoms. The van der Waals surface area contributed by atoms with Crippen LogP contribution >= 0.6 is 11.6 Å². The Morgan fingerprint density at radius 3 is 2.88 bits per heavy atom. The molecule has 1 heterocycles. The van der Waals surface area contributed by atoms with Crippen LogP contribution in [-0.2, 0) is 11.5 Å². The van der Waals surface area contributed by atoms with E-state index >= 15 is 0 Å². The molecule has 1 fully saturated rings. The SMILES string of the molecule is O=C(Nc1cnn(COc2cccc(Cl)c2)c1)C1CC1c1ccccc1. The van der Waals surface area contributed by atoms with Crippen molar-refractivity contribution in [1.29, 1.82) is 0 Å². The zero-order chi connectivity index (χ0) is 17.9. The Balaban J connectivity index is 1.30. The van der Waals surface area contributed by atoms with Gasteiger partial charge in [-0.3, -0.25) is 4.79 Å². The molecule has 0 radical (unpaired) electrons. The van der Waals surface area contributed by atoms with Crippen LogP contribution in [-0.4, -0.2) is 15.7 Å². The van der Waals surface area contributed by atoms with Gasteiger partial charge in [-0.2, -0.15) is 5.10 Å². The molecule has 2 aromatic carbocycles. The number of rotatable bonds is 6. The average molecular weight is 368 g/mol. The van der Waals surface area contributed by atoms with E-state index in [2.05, 4.69) is 22.5 Å². The van der Waals surface area contributed by atoms with E-state index in [1.807, 2.05) is 30.3 Å². The minimum atomic E-state index is 0.0310. The van der Waals surface area contributed by atoms with Gasteiger partial charge in [-0.25, -0.2) is 4.68 Å². The third-order valence-corrected chi connectivity index (χ3v) is 4.65. The molecule has 4 rings (SSSR count). The molecular formula is C20H18ClN3O2. The van der Waals surface area contributed by atoms with Crippen molar-refractivity contribution in [1.82, 2.24) is 9.78 Å². The molecular weight excluding hydrogens is 350 g/mol. The Morgan fingerprint density at radius 1 is 1.23 bits per heavy atom. The number of carbonyl (C=O) groups excluding carboxylic acids is 1. The lowest BCUT2D eigenvalue weighted by molar-refractivity contribution is -0.117. The molecule has 1 aromatic heterocycles. The zero-order valence-electron chi connectivity index (χ0n) is 14.0. The predicted molar refractivity (Wildman–Crippen MR) is 100 cm³/mol. The highest BCUT2D eigenvalue weighted by Crippen LogP contribution is 2.47. The van der Waals surface area contributed by atoms with Crippen LogP contribution in [0, 0.1) is 5.92 Å². The Hall–Kier alpha value is -2.79. The lowest BCUT2D eigenvalue weighted by atomic mass is 10.1. The first kappa shape index (κ1) is 16.7. The third-order valence-electron chi connectivity index (χ3n) is 4.42. The normalized spacial score (nSPS) is 18.3. The molecule has 0 bridgehead atoms. The van der Waals surface area contributed by atoms with Crippen molar-refractivity contribution in [2.75, 3.05) is 5.32 Å². The van der Waals surface area contributed by atoms with Crippen LogP contribution in [0.25, 0.3) is 0 Å². The molecule has 1 amide bonds. The van der Waals surface area contributed by atoms with Gasteiger partial charge < -0.3 is 10.1 Å². The van der Waals surface area contributed by atoms with Gasteiger partial charge in [0.2, 0.25) is 5.91 Å². The number of anilines is 1. The summed E-state index contributed by atoms with van der Waals surface area (Å²) in [6.45, 7) is 0.242. The number of halogens is 1. The fourth-order valence-electron chi connectivity index (χ4n) is 2.98. The van der Waals surface area contributed by atoms with Gasteiger partial charge in [-0.1, -0.05) is 48.0 Å². The average Bonchev–Trinajstić information content (AvgIpc) is 3.34. The van der Waals surface area contributed by atoms with Gasteiger partial charge in [-0.15, -0.1) is 0 Å². The maximum atomic E-state index is 12.4. The number of nitrogens with zero attached hydrogens (tertiary/aromatic N) is 2. The zero-order valence-corrected chi connectivity index (χ0v) is 14.8. The summed E-state index contributed by atoms with van der Waals surface area (Å²) in [7, 11) is 0. The molecule has 1 saturated carbocycles. The third kappa shape index (κ3) is 3.89. The van der Waals surface area contributed by atoms with Gasteiger partial charge in [0.25, 0.3) is 0 Å². The molecule has 3 aromatic rings. The summed E-state index contributed by atoms with van der Waals surface area (Å²) in [6, 6.07) is 17.3. The molecule has 132 valence electrons. The number of hydrogen-bond acceptors (Lipinski definition) is 3. The van der Waals surface area contributed by atoms with E-state index in [0.29, 0.717) is 22.4 Å². The molecule has 5 nitrogen and oxygen atoms in total. The van der Waals surface area contributed by atoms with Crippen LogP contribution in [0.3, 0.4) is 0 Å². The summed E-state index contributed by atoms with van der Waals surface area (Å²) in [5, 5.41) is 7.76. The largest absolute Gasteiger partial charge is 0.471 e. The van der Waals surface area contributed by atoms with E-state index in [-0.39, 0.29) is 18.6 Å². The number of carbonyl (C=O) groups is 1. The van der Waals surface area contributed by atoms with E-state index in [4.69, 9.17) is 16.3 Å². The summed E-state index contributed by atoms with van der Waals surface area (Å²) < 4.78 is 7.25. The molecule has 6 heteroatoms. The molecule has 26 heavy (non-hydrogen) atoms. The van der Waals surface area contributed by atoms with Crippen molar-refractivity contribution < 1.29 is 9.53 Å². The number of nitrogens with one attached hydrogen (secondary N) is 1. The monoisotopic (exact) mass is 367 g/mol. The second kappa shape index (κ2) is 7.22. The van der Waals surface area contributed by atoms with E-state index in [1.54, 1.807) is 29.2 Å². The Kier molecular flexibility index (Phi) is 4.63. The predicted octanol–water partition coefficient (Wildman–Crippen LogP) is 4.32. The van der Waals surface area contributed by atoms with Gasteiger partial charge in [0.1, 0.15) is 5.75 Å². The van der Waals surface area contributed by atoms with E-state index in [9.17, 15) is 4.79 Å². The first-order valence-electron chi connectivity index (χ1n) is 8.46. The second-order valence-electron chi connectivity index (χ2n) is 6.35. The summed E-state index contributed by atoms with van der Waals surface area (Å²) >= 11 is 5.93. The lowest BCUT2D eigenvalue weighted by Gasteiger charge is -2.06. The Labute approximate surface area is 156 Å². The fourth-order valence-corrected chi connectivity index (χ4v) is 3.16. The maximum absolute atomic E-state index is 12.4. The quantitative estimate of drug-likeness (QED) is 0.706. The summed E-state index contributed by atoms with van der Waals surface area (Å²) in [5.74, 6) is 1.05. The summed E-state index contributed by atoms with van der Waals surface area (Å²) in [4.78, 5) is 12.4. The van der Waals surface area contributed by atoms with Gasteiger partial charge in [-0.05, 0) is 36.1 Å². The first-order chi connectivity index (χ1) is 12.7. The van der Waals surface area contributed by atoms with Crippen LogP contribution in [0.15, 0.2) is 67.0 Å². The van der Waals surface area contributed by atoms with Crippen molar-refractivity contribution >= 4 is 23.2 Å². The van der Waals surface area contributed by atoms with Crippen LogP contribution in [0.4, 0.5) is 5.69 Å². The topological polar surface area (TPSA) is 56.2 Å². The molecule has 2 unspecified atom stereocenters. The summed E-state index contributed by atoms with van der Waals surface area (Å²) in [6.07, 6.45) is 4.27. The Morgan fingerprint density at radius 2 is 2.08 bits per heavy atom. The van der Waals surface area contributed by atoms with E-state index in [0.717, 1.165) is 6.42 Å². The van der Waals surface area contributed by atoms with Crippen LogP contribution in [0.2, 0.25) is 5.02 Å². The minimum absolute atomic E-state index is 0.0310. The van der Waals surface area contributed by atoms with Crippen molar-refractivity contribution in [3.05, 3.63) is 77.6 Å². The maximum Gasteiger partial charge on any atom is 0.228 e. The van der Waals surface area contributed by atoms with E-state index < -0.39 is 0 Å². The van der Waals surface area contributed by atoms with Crippen LogP contribution in [0.1, 0.15) is 17.9 Å². The minimum Gasteiger partial charge on any atom is -0.471 e. The number of aromatic nitrogens is 2. The van der Waals surface area contributed by atoms with Crippen LogP contribution < -0.4 is 10.1 Å². The molecule has 1 aliphatic carbocycles. The highest BCUT2D eigenvalue weighted by Gasteiger charge is 2.43. The van der Waals surface area contributed by atoms with Gasteiger partial charge in [0.15, 0.2) is 6.73 Å². The first-order valence-corrected chi connectivity index (χ1v) is 8.83. The smallest absolute Gasteiger partial charge is 0.228 e. The standard InChI is InChI=1S/C20H18ClN3O2/c21-15-7-4-8-17(9-15)26-13-24-12-16(11-22-24)23-20(25)19-10-18(19)14-5-2-1-3-6-14/h1-9,11-12,18-19H,10,13H2,(H,23,25). The molecule has 0 saturated heterocycles. The highest BCUT2D eigenvalue weighted by atomic mass is 35.5. The second-order valence-corrected chi connectivity index (χ2v) is 6.78. The molecule has 2 atom stereocenters. The fraction of sp³-hybridized carbons (Fsp3) is 0.200. The van der Waals surface area contributed by atoms with Gasteiger partial charge >= 0.3 is 0 Å². The van der Waals surface area contributed by atoms with Crippen molar-refractivity contribution in [3.63, 3.8) is 0 Å². The van der Waals surface area contributed by atoms with Crippen molar-refractivity contribution in [3.8, 4) is 5.75 Å². The van der Waals surface area contributed by atoms with Gasteiger partial charge in [0.05, 0.1) is 18.1 Å². The Bertz CT molecular complexity index is 910. The lowest BCUT2D eigenvalue weighted by Crippen LogP contribution is -2.14. The number of hydrogen-bond donors (Lipinski definition) is 1.